The van der Waals surface area contributed by atoms with Gasteiger partial charge in [0, 0.05) is 37.5 Å². The van der Waals surface area contributed by atoms with Crippen molar-refractivity contribution in [3.63, 3.8) is 0 Å². The van der Waals surface area contributed by atoms with Gasteiger partial charge in [-0.05, 0) is 48.2 Å². The van der Waals surface area contributed by atoms with E-state index in [9.17, 15) is 13.2 Å². The smallest absolute Gasteiger partial charge is 0.293 e. The number of aryl methyl sites for hydroxylation is 2. The molecule has 172 valence electrons. The lowest BCUT2D eigenvalue weighted by atomic mass is 10.1. The molecule has 0 saturated heterocycles. The Balaban J connectivity index is 1.58. The van der Waals surface area contributed by atoms with Gasteiger partial charge in [-0.2, -0.15) is 5.10 Å². The molecule has 3 aromatic heterocycles. The highest BCUT2D eigenvalue weighted by Gasteiger charge is 2.53. The molecule has 9 heteroatoms. The van der Waals surface area contributed by atoms with Crippen molar-refractivity contribution in [1.29, 1.82) is 0 Å². The van der Waals surface area contributed by atoms with E-state index in [2.05, 4.69) is 10.1 Å². The third-order valence-corrected chi connectivity index (χ3v) is 9.05. The molecule has 0 bridgehead atoms. The van der Waals surface area contributed by atoms with Crippen molar-refractivity contribution in [2.45, 2.75) is 17.6 Å². The summed E-state index contributed by atoms with van der Waals surface area (Å²) in [5, 5.41) is 5.12. The molecular weight excluding hydrogens is 450 g/mol. The first-order valence-corrected chi connectivity index (χ1v) is 12.9. The normalized spacial score (nSPS) is 15.3. The van der Waals surface area contributed by atoms with Crippen molar-refractivity contribution in [2.75, 3.05) is 6.26 Å². The van der Waals surface area contributed by atoms with Crippen LogP contribution in [0.25, 0.3) is 38.8 Å². The average molecular weight is 474 g/mol. The molecule has 2 aromatic carbocycles. The second-order valence-corrected chi connectivity index (χ2v) is 11.4. The van der Waals surface area contributed by atoms with Crippen LogP contribution in [0.4, 0.5) is 0 Å². The van der Waals surface area contributed by atoms with Crippen LogP contribution in [0.1, 0.15) is 18.4 Å². The third-order valence-electron chi connectivity index (χ3n) is 6.99. The Labute approximate surface area is 196 Å². The number of fused-ring (bicyclic) bond motifs is 3. The molecular formula is C25H23N5O3S. The monoisotopic (exact) mass is 473 g/mol. The highest BCUT2D eigenvalue weighted by Crippen LogP contribution is 2.52. The van der Waals surface area contributed by atoms with Crippen LogP contribution in [0.15, 0.2) is 65.8 Å². The number of sulfone groups is 1. The molecule has 0 amide bonds. The first kappa shape index (κ1) is 20.9. The topological polar surface area (TPSA) is 91.8 Å². The number of benzene rings is 2. The number of hydrogen-bond acceptors (Lipinski definition) is 5. The van der Waals surface area contributed by atoms with E-state index in [1.165, 1.54) is 6.26 Å². The molecule has 0 spiro atoms. The highest BCUT2D eigenvalue weighted by atomic mass is 32.2. The summed E-state index contributed by atoms with van der Waals surface area (Å²) < 4.78 is 28.9. The number of aromatic nitrogens is 5. The van der Waals surface area contributed by atoms with Gasteiger partial charge < -0.3 is 0 Å². The van der Waals surface area contributed by atoms with Crippen LogP contribution in [-0.2, 0) is 28.7 Å². The molecule has 1 aliphatic rings. The SMILES string of the molecule is Cn1cc(-c2ccc3ncc4c(c3c2)n(-c2ccc(C3(S(C)(=O)=O)CC3)cc2)c(=O)n4C)cn1. The van der Waals surface area contributed by atoms with Gasteiger partial charge in [0.2, 0.25) is 0 Å². The van der Waals surface area contributed by atoms with Crippen LogP contribution in [0.3, 0.4) is 0 Å². The van der Waals surface area contributed by atoms with Gasteiger partial charge in [0.15, 0.2) is 9.84 Å². The minimum atomic E-state index is -3.21. The van der Waals surface area contributed by atoms with Gasteiger partial charge >= 0.3 is 5.69 Å². The van der Waals surface area contributed by atoms with Crippen molar-refractivity contribution >= 4 is 31.8 Å². The van der Waals surface area contributed by atoms with Gasteiger partial charge in [-0.3, -0.25) is 18.8 Å². The van der Waals surface area contributed by atoms with Gasteiger partial charge in [0.1, 0.15) is 0 Å². The Bertz CT molecular complexity index is 1770. The molecule has 6 rings (SSSR count). The molecule has 0 aliphatic heterocycles. The quantitative estimate of drug-likeness (QED) is 0.399. The van der Waals surface area contributed by atoms with Crippen LogP contribution < -0.4 is 5.69 Å². The Kier molecular flexibility index (Phi) is 4.23. The Morgan fingerprint density at radius 1 is 0.971 bits per heavy atom. The Morgan fingerprint density at radius 3 is 2.32 bits per heavy atom. The standard InChI is InChI=1S/C25H23N5O3S/c1-28-15-17(13-27-28)16-4-9-21-20(12-16)23-22(14-26-21)29(2)24(31)30(23)19-7-5-18(6-8-19)25(10-11-25)34(3,32)33/h4-9,12-15H,10-11H2,1-3H3. The number of nitrogens with zero attached hydrogens (tertiary/aromatic N) is 5. The van der Waals surface area contributed by atoms with Crippen LogP contribution in [0, 0.1) is 0 Å². The number of rotatable bonds is 4. The minimum absolute atomic E-state index is 0.187. The molecule has 0 atom stereocenters. The highest BCUT2D eigenvalue weighted by molar-refractivity contribution is 7.92. The lowest BCUT2D eigenvalue weighted by Crippen LogP contribution is -2.21. The summed E-state index contributed by atoms with van der Waals surface area (Å²) in [7, 11) is 0.400. The zero-order chi connectivity index (χ0) is 23.8. The largest absolute Gasteiger partial charge is 0.333 e. The molecule has 34 heavy (non-hydrogen) atoms. The van der Waals surface area contributed by atoms with Crippen LogP contribution in [-0.4, -0.2) is 38.6 Å². The van der Waals surface area contributed by atoms with Crippen molar-refractivity contribution < 1.29 is 8.42 Å². The minimum Gasteiger partial charge on any atom is -0.293 e. The molecule has 1 saturated carbocycles. The maximum atomic E-state index is 13.3. The van der Waals surface area contributed by atoms with Crippen LogP contribution in [0.5, 0.6) is 0 Å². The van der Waals surface area contributed by atoms with Gasteiger partial charge in [0.25, 0.3) is 0 Å². The van der Waals surface area contributed by atoms with Crippen LogP contribution in [0.2, 0.25) is 0 Å². The van der Waals surface area contributed by atoms with E-state index in [1.807, 2.05) is 55.7 Å². The van der Waals surface area contributed by atoms with Gasteiger partial charge in [-0.15, -0.1) is 0 Å². The predicted molar refractivity (Wildman–Crippen MR) is 132 cm³/mol. The summed E-state index contributed by atoms with van der Waals surface area (Å²) in [6.07, 6.45) is 8.03. The van der Waals surface area contributed by atoms with Gasteiger partial charge in [0.05, 0.1) is 39.4 Å². The lowest BCUT2D eigenvalue weighted by Gasteiger charge is -2.14. The molecule has 1 aliphatic carbocycles. The lowest BCUT2D eigenvalue weighted by molar-refractivity contribution is 0.586. The van der Waals surface area contributed by atoms with Crippen molar-refractivity contribution in [1.82, 2.24) is 23.9 Å². The molecule has 0 unspecified atom stereocenters. The van der Waals surface area contributed by atoms with Crippen molar-refractivity contribution in [2.24, 2.45) is 14.1 Å². The summed E-state index contributed by atoms with van der Waals surface area (Å²) in [6.45, 7) is 0. The second-order valence-electron chi connectivity index (χ2n) is 9.12. The number of pyridine rings is 1. The fourth-order valence-corrected chi connectivity index (χ4v) is 6.30. The Hall–Kier alpha value is -3.72. The summed E-state index contributed by atoms with van der Waals surface area (Å²) in [5.74, 6) is 0. The van der Waals surface area contributed by atoms with E-state index in [0.29, 0.717) is 18.5 Å². The molecule has 1 fully saturated rings. The van der Waals surface area contributed by atoms with E-state index in [-0.39, 0.29) is 5.69 Å². The molecule has 5 aromatic rings. The fourth-order valence-electron chi connectivity index (χ4n) is 4.89. The molecule has 3 heterocycles. The zero-order valence-electron chi connectivity index (χ0n) is 19.1. The summed E-state index contributed by atoms with van der Waals surface area (Å²) in [5.41, 5.74) is 5.50. The first-order chi connectivity index (χ1) is 16.2. The van der Waals surface area contributed by atoms with Gasteiger partial charge in [-0.1, -0.05) is 18.2 Å². The van der Waals surface area contributed by atoms with Crippen molar-refractivity contribution in [3.05, 3.63) is 77.1 Å². The molecule has 8 nitrogen and oxygen atoms in total. The van der Waals surface area contributed by atoms with Crippen LogP contribution >= 0.6 is 0 Å². The second kappa shape index (κ2) is 6.89. The Morgan fingerprint density at radius 2 is 1.71 bits per heavy atom. The number of imidazole rings is 1. The van der Waals surface area contributed by atoms with E-state index in [0.717, 1.165) is 38.6 Å². The summed E-state index contributed by atoms with van der Waals surface area (Å²) in [6, 6.07) is 13.3. The fraction of sp³-hybridized carbons (Fsp3) is 0.240. The summed E-state index contributed by atoms with van der Waals surface area (Å²) in [4.78, 5) is 17.9. The average Bonchev–Trinajstić information content (AvgIpc) is 3.47. The maximum Gasteiger partial charge on any atom is 0.333 e. The molecule has 0 N–H and O–H groups in total. The predicted octanol–water partition coefficient (Wildman–Crippen LogP) is 3.31. The summed E-state index contributed by atoms with van der Waals surface area (Å²) >= 11 is 0. The molecule has 0 radical (unpaired) electrons. The van der Waals surface area contributed by atoms with E-state index in [4.69, 9.17) is 0 Å². The zero-order valence-corrected chi connectivity index (χ0v) is 19.9. The van der Waals surface area contributed by atoms with E-state index >= 15 is 0 Å². The van der Waals surface area contributed by atoms with E-state index < -0.39 is 14.6 Å². The maximum absolute atomic E-state index is 13.3. The first-order valence-electron chi connectivity index (χ1n) is 11.0. The third kappa shape index (κ3) is 2.89. The van der Waals surface area contributed by atoms with E-state index in [1.54, 1.807) is 33.3 Å². The van der Waals surface area contributed by atoms with Crippen molar-refractivity contribution in [3.8, 4) is 16.8 Å². The van der Waals surface area contributed by atoms with Gasteiger partial charge in [-0.25, -0.2) is 13.2 Å². The number of hydrogen-bond donors (Lipinski definition) is 0.